The Morgan fingerprint density at radius 1 is 0.978 bits per heavy atom. The molecule has 0 spiro atoms. The monoisotopic (exact) mass is 633 g/mol. The summed E-state index contributed by atoms with van der Waals surface area (Å²) in [5.41, 5.74) is 0. The molecule has 6 aliphatic rings. The van der Waals surface area contributed by atoms with Gasteiger partial charge in [0.15, 0.2) is 0 Å². The van der Waals surface area contributed by atoms with Crippen molar-refractivity contribution in [3.8, 4) is 0 Å². The molecule has 0 aromatic carbocycles. The fraction of sp³-hybridized carbons (Fsp3) is 0.882. The molecule has 254 valence electrons. The highest BCUT2D eigenvalue weighted by Crippen LogP contribution is 2.44. The molecule has 4 N–H and O–H groups in total. The van der Waals surface area contributed by atoms with E-state index in [0.29, 0.717) is 37.9 Å². The predicted octanol–water partition coefficient (Wildman–Crippen LogP) is 3.23. The summed E-state index contributed by atoms with van der Waals surface area (Å²) in [4.78, 5) is 33.3. The summed E-state index contributed by atoms with van der Waals surface area (Å²) in [5, 5.41) is 14.5. The standard InChI is InChI=1S/C34H57F2N7O2/c1-6-27(44)41-17-21(5)42(18-20(41)4)32-24-15-26(36)30-28-23(9-7-11-25(28)35)16-37-13-8-10-22-12-14-38-29(19(2)3)31(22)43(33(24)39-30)34(45)40-32/h6,19-26,28-33,37-39H,1,7-18H2,2-5H3,(H,40,45)/t20-,21+,22?,23?,24?,25?,26?,28?,29?,30?,31?,32?,33?/m1/s1. The zero-order valence-electron chi connectivity index (χ0n) is 27.8. The van der Waals surface area contributed by atoms with Crippen molar-refractivity contribution in [2.24, 2.45) is 29.6 Å². The molecule has 3 amide bonds. The molecule has 11 heteroatoms. The normalized spacial score (nSPS) is 44.9. The summed E-state index contributed by atoms with van der Waals surface area (Å²) in [6.07, 6.45) is 3.73. The van der Waals surface area contributed by atoms with Gasteiger partial charge in [0.25, 0.3) is 0 Å². The fourth-order valence-corrected chi connectivity index (χ4v) is 10.1. The Hall–Kier alpha value is -1.82. The lowest BCUT2D eigenvalue weighted by atomic mass is 9.69. The number of hydrogen-bond acceptors (Lipinski definition) is 6. The molecule has 1 aliphatic carbocycles. The van der Waals surface area contributed by atoms with Crippen LogP contribution in [0.3, 0.4) is 0 Å². The molecule has 6 fully saturated rings. The molecule has 5 heterocycles. The second-order valence-corrected chi connectivity index (χ2v) is 15.3. The number of carbonyl (C=O) groups is 2. The first kappa shape index (κ1) is 33.1. The Morgan fingerprint density at radius 2 is 1.76 bits per heavy atom. The Labute approximate surface area is 268 Å². The van der Waals surface area contributed by atoms with Gasteiger partial charge in [0, 0.05) is 49.1 Å². The van der Waals surface area contributed by atoms with Crippen LogP contribution < -0.4 is 21.3 Å². The maximum atomic E-state index is 16.7. The van der Waals surface area contributed by atoms with Crippen molar-refractivity contribution in [2.45, 2.75) is 128 Å². The van der Waals surface area contributed by atoms with Gasteiger partial charge in [-0.1, -0.05) is 26.8 Å². The highest BCUT2D eigenvalue weighted by atomic mass is 19.1. The van der Waals surface area contributed by atoms with Crippen molar-refractivity contribution >= 4 is 11.9 Å². The third-order valence-electron chi connectivity index (χ3n) is 12.3. The third-order valence-corrected chi connectivity index (χ3v) is 12.3. The molecule has 11 unspecified atom stereocenters. The van der Waals surface area contributed by atoms with E-state index in [0.717, 1.165) is 45.2 Å². The number of amides is 3. The van der Waals surface area contributed by atoms with Crippen molar-refractivity contribution in [3.63, 3.8) is 0 Å². The van der Waals surface area contributed by atoms with Crippen LogP contribution in [0.25, 0.3) is 0 Å². The lowest BCUT2D eigenvalue weighted by Crippen LogP contribution is -2.80. The van der Waals surface area contributed by atoms with Crippen LogP contribution in [0.15, 0.2) is 12.7 Å². The average molecular weight is 634 g/mol. The minimum absolute atomic E-state index is 0.0379. The zero-order valence-corrected chi connectivity index (χ0v) is 27.8. The van der Waals surface area contributed by atoms with E-state index < -0.39 is 36.6 Å². The smallest absolute Gasteiger partial charge is 0.320 e. The maximum absolute atomic E-state index is 16.7. The number of nitrogens with one attached hydrogen (secondary N) is 4. The van der Waals surface area contributed by atoms with E-state index in [1.54, 1.807) is 0 Å². The molecule has 0 radical (unpaired) electrons. The van der Waals surface area contributed by atoms with Crippen molar-refractivity contribution in [3.05, 3.63) is 12.7 Å². The number of piperazine rings is 1. The van der Waals surface area contributed by atoms with Gasteiger partial charge in [0.2, 0.25) is 5.91 Å². The third kappa shape index (κ3) is 6.27. The molecular formula is C34H57F2N7O2. The van der Waals surface area contributed by atoms with E-state index in [2.05, 4.69) is 53.5 Å². The van der Waals surface area contributed by atoms with Crippen molar-refractivity contribution in [2.75, 3.05) is 32.7 Å². The Balaban J connectivity index is 1.39. The summed E-state index contributed by atoms with van der Waals surface area (Å²) in [6.45, 7) is 15.8. The molecule has 0 aromatic heterocycles. The van der Waals surface area contributed by atoms with Crippen molar-refractivity contribution in [1.29, 1.82) is 0 Å². The number of urea groups is 1. The SMILES string of the molecule is C=CC(=O)N1C[C@H](C)N(C2NC(=O)N3C4NC(C(F)CC42)C2C(F)CCCC2CNCCCC2CCNC(C(C)C)C23)C[C@H]1C. The van der Waals surface area contributed by atoms with Gasteiger partial charge in [-0.25, -0.2) is 13.6 Å². The molecule has 45 heavy (non-hydrogen) atoms. The summed E-state index contributed by atoms with van der Waals surface area (Å²) in [6, 6.07) is -0.829. The van der Waals surface area contributed by atoms with E-state index in [-0.39, 0.29) is 54.4 Å². The topological polar surface area (TPSA) is 92.0 Å². The van der Waals surface area contributed by atoms with Gasteiger partial charge >= 0.3 is 6.03 Å². The molecule has 6 rings (SSSR count). The predicted molar refractivity (Wildman–Crippen MR) is 172 cm³/mol. The molecule has 5 aliphatic heterocycles. The molecule has 5 saturated heterocycles. The van der Waals surface area contributed by atoms with Gasteiger partial charge in [-0.3, -0.25) is 15.0 Å². The second-order valence-electron chi connectivity index (χ2n) is 15.3. The number of nitrogens with zero attached hydrogens (tertiary/aromatic N) is 3. The molecule has 13 atom stereocenters. The average Bonchev–Trinajstić information content (AvgIpc) is 3.02. The minimum atomic E-state index is -1.22. The van der Waals surface area contributed by atoms with Gasteiger partial charge in [-0.2, -0.15) is 0 Å². The fourth-order valence-electron chi connectivity index (χ4n) is 10.1. The highest BCUT2D eigenvalue weighted by Gasteiger charge is 2.57. The van der Waals surface area contributed by atoms with E-state index in [1.807, 2.05) is 16.7 Å². The summed E-state index contributed by atoms with van der Waals surface area (Å²) in [7, 11) is 0. The lowest BCUT2D eigenvalue weighted by molar-refractivity contribution is -0.136. The first-order chi connectivity index (χ1) is 21.6. The molecule has 1 saturated carbocycles. The number of piperidine rings is 2. The molecule has 2 bridgehead atoms. The van der Waals surface area contributed by atoms with Gasteiger partial charge in [-0.05, 0) is 95.8 Å². The number of rotatable bonds is 3. The van der Waals surface area contributed by atoms with Crippen molar-refractivity contribution in [1.82, 2.24) is 36.0 Å². The van der Waals surface area contributed by atoms with E-state index in [9.17, 15) is 9.59 Å². The van der Waals surface area contributed by atoms with E-state index in [4.69, 9.17) is 0 Å². The summed E-state index contributed by atoms with van der Waals surface area (Å²) in [5.74, 6) is -0.0748. The molecule has 0 aromatic rings. The lowest BCUT2D eigenvalue weighted by Gasteiger charge is -2.60. The quantitative estimate of drug-likeness (QED) is 0.357. The molecule has 9 nitrogen and oxygen atoms in total. The number of alkyl halides is 2. The first-order valence-electron chi connectivity index (χ1n) is 17.9. The van der Waals surface area contributed by atoms with Crippen LogP contribution in [0.2, 0.25) is 0 Å². The van der Waals surface area contributed by atoms with Crippen LogP contribution in [-0.2, 0) is 4.79 Å². The van der Waals surface area contributed by atoms with Gasteiger partial charge in [0.1, 0.15) is 12.3 Å². The number of carbonyl (C=O) groups excluding carboxylic acids is 2. The van der Waals surface area contributed by atoms with E-state index in [1.165, 1.54) is 6.08 Å². The summed E-state index contributed by atoms with van der Waals surface area (Å²) >= 11 is 0. The van der Waals surface area contributed by atoms with Crippen LogP contribution in [-0.4, -0.2) is 114 Å². The largest absolute Gasteiger partial charge is 0.334 e. The number of hydrogen-bond donors (Lipinski definition) is 4. The number of fused-ring (bicyclic) bond motifs is 5. The zero-order chi connectivity index (χ0) is 32.0. The Bertz CT molecular complexity index is 1080. The minimum Gasteiger partial charge on any atom is -0.334 e. The Kier molecular flexibility index (Phi) is 10.1. The first-order valence-corrected chi connectivity index (χ1v) is 17.9. The van der Waals surface area contributed by atoms with Crippen LogP contribution in [0.4, 0.5) is 13.6 Å². The van der Waals surface area contributed by atoms with Gasteiger partial charge < -0.3 is 25.8 Å². The second kappa shape index (κ2) is 13.7. The van der Waals surface area contributed by atoms with Crippen LogP contribution in [0.1, 0.15) is 72.6 Å². The summed E-state index contributed by atoms with van der Waals surface area (Å²) < 4.78 is 32.6. The Morgan fingerprint density at radius 3 is 2.51 bits per heavy atom. The molecular weight excluding hydrogens is 576 g/mol. The van der Waals surface area contributed by atoms with Crippen LogP contribution in [0.5, 0.6) is 0 Å². The van der Waals surface area contributed by atoms with Crippen LogP contribution >= 0.6 is 0 Å². The highest BCUT2D eigenvalue weighted by molar-refractivity contribution is 5.87. The van der Waals surface area contributed by atoms with E-state index >= 15 is 8.78 Å². The van der Waals surface area contributed by atoms with Gasteiger partial charge in [0.05, 0.1) is 18.4 Å². The van der Waals surface area contributed by atoms with Crippen LogP contribution in [0, 0.1) is 29.6 Å². The number of halogens is 2. The maximum Gasteiger partial charge on any atom is 0.320 e. The van der Waals surface area contributed by atoms with Crippen molar-refractivity contribution < 1.29 is 18.4 Å². The van der Waals surface area contributed by atoms with Gasteiger partial charge in [-0.15, -0.1) is 0 Å².